The number of nitrogens with zero attached hydrogens (tertiary/aromatic N) is 2. The molecule has 0 saturated heterocycles. The number of anilines is 1. The average Bonchev–Trinajstić information content (AvgIpc) is 2.27. The van der Waals surface area contributed by atoms with Gasteiger partial charge in [-0.05, 0) is 18.1 Å². The molecule has 0 aromatic carbocycles. The Morgan fingerprint density at radius 3 is 2.65 bits per heavy atom. The molecule has 1 aromatic heterocycles. The van der Waals surface area contributed by atoms with E-state index in [9.17, 15) is 13.2 Å². The van der Waals surface area contributed by atoms with Crippen molar-refractivity contribution in [3.05, 3.63) is 24.0 Å². The molecule has 0 aliphatic rings. The summed E-state index contributed by atoms with van der Waals surface area (Å²) in [5, 5.41) is 0. The first-order valence-electron chi connectivity index (χ1n) is 5.42. The summed E-state index contributed by atoms with van der Waals surface area (Å²) < 4.78 is 37.4. The quantitative estimate of drug-likeness (QED) is 0.868. The van der Waals surface area contributed by atoms with Crippen molar-refractivity contribution in [2.24, 2.45) is 5.73 Å². The molecule has 0 fully saturated rings. The van der Waals surface area contributed by atoms with Crippen LogP contribution in [0, 0.1) is 0 Å². The van der Waals surface area contributed by atoms with E-state index in [1.54, 1.807) is 6.07 Å². The van der Waals surface area contributed by atoms with E-state index in [0.717, 1.165) is 0 Å². The van der Waals surface area contributed by atoms with Gasteiger partial charge < -0.3 is 10.6 Å². The van der Waals surface area contributed by atoms with Gasteiger partial charge in [-0.2, -0.15) is 13.2 Å². The summed E-state index contributed by atoms with van der Waals surface area (Å²) in [6.45, 7) is 1.40. The lowest BCUT2D eigenvalue weighted by Gasteiger charge is -2.27. The van der Waals surface area contributed by atoms with Crippen LogP contribution in [0.2, 0.25) is 0 Å². The Kier molecular flexibility index (Phi) is 4.74. The van der Waals surface area contributed by atoms with Gasteiger partial charge in [0.25, 0.3) is 0 Å². The predicted molar refractivity (Wildman–Crippen MR) is 60.7 cm³/mol. The molecular weight excluding hydrogens is 231 g/mol. The monoisotopic (exact) mass is 247 g/mol. The van der Waals surface area contributed by atoms with Gasteiger partial charge in [0.05, 0.1) is 11.9 Å². The van der Waals surface area contributed by atoms with Crippen LogP contribution in [-0.2, 0) is 6.54 Å². The molecule has 1 aromatic rings. The average molecular weight is 247 g/mol. The third kappa shape index (κ3) is 4.22. The van der Waals surface area contributed by atoms with Crippen LogP contribution in [0.3, 0.4) is 0 Å². The van der Waals surface area contributed by atoms with Gasteiger partial charge in [0.15, 0.2) is 0 Å². The van der Waals surface area contributed by atoms with Crippen LogP contribution in [-0.4, -0.2) is 24.2 Å². The highest BCUT2D eigenvalue weighted by atomic mass is 19.4. The maximum atomic E-state index is 12.5. The van der Waals surface area contributed by atoms with E-state index >= 15 is 0 Å². The number of hydrogen-bond acceptors (Lipinski definition) is 3. The van der Waals surface area contributed by atoms with Crippen LogP contribution in [0.1, 0.15) is 18.9 Å². The van der Waals surface area contributed by atoms with Crippen LogP contribution in [0.25, 0.3) is 0 Å². The van der Waals surface area contributed by atoms with Gasteiger partial charge in [-0.25, -0.2) is 0 Å². The largest absolute Gasteiger partial charge is 0.405 e. The summed E-state index contributed by atoms with van der Waals surface area (Å²) in [7, 11) is 0. The second kappa shape index (κ2) is 5.86. The lowest BCUT2D eigenvalue weighted by atomic mass is 10.2. The number of nitrogens with two attached hydrogens (primary N) is 1. The molecule has 0 bridgehead atoms. The van der Waals surface area contributed by atoms with E-state index < -0.39 is 12.7 Å². The SMILES string of the molecule is CCCN(CC(F)(F)F)c1cnccc1CN. The third-order valence-corrected chi connectivity index (χ3v) is 2.31. The fourth-order valence-corrected chi connectivity index (χ4v) is 1.64. The van der Waals surface area contributed by atoms with E-state index in [0.29, 0.717) is 24.2 Å². The fourth-order valence-electron chi connectivity index (χ4n) is 1.64. The van der Waals surface area contributed by atoms with Crippen molar-refractivity contribution in [3.63, 3.8) is 0 Å². The minimum atomic E-state index is -4.23. The maximum absolute atomic E-state index is 12.5. The van der Waals surface area contributed by atoms with Crippen LogP contribution in [0.15, 0.2) is 18.5 Å². The van der Waals surface area contributed by atoms with E-state index in [1.807, 2.05) is 6.92 Å². The molecule has 6 heteroatoms. The second-order valence-corrected chi connectivity index (χ2v) is 3.75. The number of rotatable bonds is 5. The first kappa shape index (κ1) is 13.8. The normalized spacial score (nSPS) is 11.6. The molecule has 1 rings (SSSR count). The summed E-state index contributed by atoms with van der Waals surface area (Å²) in [5.74, 6) is 0. The van der Waals surface area contributed by atoms with Gasteiger partial charge in [-0.15, -0.1) is 0 Å². The van der Waals surface area contributed by atoms with Crippen molar-refractivity contribution in [1.82, 2.24) is 4.98 Å². The molecule has 1 heterocycles. The Morgan fingerprint density at radius 2 is 2.12 bits per heavy atom. The second-order valence-electron chi connectivity index (χ2n) is 3.75. The van der Waals surface area contributed by atoms with Crippen molar-refractivity contribution in [2.45, 2.75) is 26.1 Å². The summed E-state index contributed by atoms with van der Waals surface area (Å²) in [6, 6.07) is 1.65. The summed E-state index contributed by atoms with van der Waals surface area (Å²) >= 11 is 0. The Bertz CT molecular complexity index is 352. The van der Waals surface area contributed by atoms with Gasteiger partial charge in [-0.1, -0.05) is 6.92 Å². The molecule has 0 unspecified atom stereocenters. The zero-order chi connectivity index (χ0) is 12.9. The Morgan fingerprint density at radius 1 is 1.41 bits per heavy atom. The van der Waals surface area contributed by atoms with Crippen molar-refractivity contribution in [1.29, 1.82) is 0 Å². The Labute approximate surface area is 98.4 Å². The van der Waals surface area contributed by atoms with E-state index in [2.05, 4.69) is 4.98 Å². The summed E-state index contributed by atoms with van der Waals surface area (Å²) in [4.78, 5) is 5.13. The number of pyridine rings is 1. The van der Waals surface area contributed by atoms with Crippen molar-refractivity contribution < 1.29 is 13.2 Å². The maximum Gasteiger partial charge on any atom is 0.405 e. The molecule has 0 spiro atoms. The van der Waals surface area contributed by atoms with E-state index in [-0.39, 0.29) is 6.54 Å². The Hall–Kier alpha value is -1.30. The fraction of sp³-hybridized carbons (Fsp3) is 0.545. The standard InChI is InChI=1S/C11H16F3N3/c1-2-5-17(8-11(12,13)14)10-7-16-4-3-9(10)6-15/h3-4,7H,2,5-6,8,15H2,1H3. The highest BCUT2D eigenvalue weighted by Gasteiger charge is 2.31. The van der Waals surface area contributed by atoms with Crippen molar-refractivity contribution in [2.75, 3.05) is 18.0 Å². The zero-order valence-electron chi connectivity index (χ0n) is 9.67. The number of halogens is 3. The van der Waals surface area contributed by atoms with Crippen LogP contribution in [0.5, 0.6) is 0 Å². The minimum Gasteiger partial charge on any atom is -0.361 e. The Balaban J connectivity index is 2.96. The van der Waals surface area contributed by atoms with Gasteiger partial charge in [0, 0.05) is 19.3 Å². The molecule has 0 radical (unpaired) electrons. The van der Waals surface area contributed by atoms with Gasteiger partial charge >= 0.3 is 6.18 Å². The van der Waals surface area contributed by atoms with Crippen molar-refractivity contribution >= 4 is 5.69 Å². The van der Waals surface area contributed by atoms with Gasteiger partial charge in [-0.3, -0.25) is 4.98 Å². The molecule has 0 atom stereocenters. The molecule has 0 aliphatic carbocycles. The first-order valence-corrected chi connectivity index (χ1v) is 5.42. The molecule has 2 N–H and O–H groups in total. The summed E-state index contributed by atoms with van der Waals surface area (Å²) in [6.07, 6.45) is -0.626. The smallest absolute Gasteiger partial charge is 0.361 e. The van der Waals surface area contributed by atoms with Crippen LogP contribution >= 0.6 is 0 Å². The van der Waals surface area contributed by atoms with E-state index in [4.69, 9.17) is 5.73 Å². The highest BCUT2D eigenvalue weighted by molar-refractivity contribution is 5.51. The molecule has 3 nitrogen and oxygen atoms in total. The van der Waals surface area contributed by atoms with Gasteiger partial charge in [0.1, 0.15) is 6.54 Å². The van der Waals surface area contributed by atoms with Gasteiger partial charge in [0.2, 0.25) is 0 Å². The first-order chi connectivity index (χ1) is 7.98. The van der Waals surface area contributed by atoms with E-state index in [1.165, 1.54) is 17.3 Å². The van der Waals surface area contributed by atoms with Crippen molar-refractivity contribution in [3.8, 4) is 0 Å². The predicted octanol–water partition coefficient (Wildman–Crippen LogP) is 2.32. The van der Waals surface area contributed by atoms with Crippen LogP contribution < -0.4 is 10.6 Å². The number of alkyl halides is 3. The summed E-state index contributed by atoms with van der Waals surface area (Å²) in [5.41, 5.74) is 6.66. The highest BCUT2D eigenvalue weighted by Crippen LogP contribution is 2.24. The molecule has 96 valence electrons. The molecule has 17 heavy (non-hydrogen) atoms. The minimum absolute atomic E-state index is 0.204. The molecular formula is C11H16F3N3. The topological polar surface area (TPSA) is 42.2 Å². The molecule has 0 amide bonds. The molecule has 0 saturated carbocycles. The third-order valence-electron chi connectivity index (χ3n) is 2.31. The lowest BCUT2D eigenvalue weighted by molar-refractivity contribution is -0.119. The lowest BCUT2D eigenvalue weighted by Crippen LogP contribution is -2.35. The molecule has 0 aliphatic heterocycles. The number of aromatic nitrogens is 1. The van der Waals surface area contributed by atoms with Crippen LogP contribution in [0.4, 0.5) is 18.9 Å². The number of hydrogen-bond donors (Lipinski definition) is 1. The zero-order valence-corrected chi connectivity index (χ0v) is 9.67.